The second-order valence-electron chi connectivity index (χ2n) is 7.06. The Labute approximate surface area is 193 Å². The van der Waals surface area contributed by atoms with Crippen LogP contribution in [0.5, 0.6) is 5.75 Å². The van der Waals surface area contributed by atoms with Gasteiger partial charge in [0.25, 0.3) is 5.91 Å². The number of amides is 1. The van der Waals surface area contributed by atoms with Gasteiger partial charge in [0, 0.05) is 21.9 Å². The second-order valence-corrected chi connectivity index (χ2v) is 8.83. The van der Waals surface area contributed by atoms with Crippen LogP contribution < -0.4 is 10.1 Å². The Bertz CT molecular complexity index is 1110. The molecule has 30 heavy (non-hydrogen) atoms. The number of hydrogen-bond acceptors (Lipinski definition) is 3. The highest BCUT2D eigenvalue weighted by molar-refractivity contribution is 9.11. The van der Waals surface area contributed by atoms with Gasteiger partial charge in [-0.2, -0.15) is 0 Å². The Balaban J connectivity index is 1.77. The molecule has 0 unspecified atom stereocenters. The molecule has 0 aliphatic heterocycles. The zero-order valence-electron chi connectivity index (χ0n) is 17.0. The Morgan fingerprint density at radius 2 is 1.80 bits per heavy atom. The SMILES string of the molecule is Cc1cccc(NC(=O)COc2c(Br)cc(Br)cc2C=Nc2ccc(C)cc2C)c1. The zero-order chi connectivity index (χ0) is 21.7. The molecule has 0 radical (unpaired) electrons. The average molecular weight is 530 g/mol. The fourth-order valence-corrected chi connectivity index (χ4v) is 4.35. The molecule has 4 nitrogen and oxygen atoms in total. The molecule has 0 heterocycles. The van der Waals surface area contributed by atoms with E-state index in [2.05, 4.69) is 55.2 Å². The van der Waals surface area contributed by atoms with Crippen LogP contribution in [0.15, 0.2) is 68.5 Å². The first-order chi connectivity index (χ1) is 14.3. The normalized spacial score (nSPS) is 11.0. The van der Waals surface area contributed by atoms with Gasteiger partial charge in [-0.05, 0) is 78.2 Å². The first-order valence-electron chi connectivity index (χ1n) is 9.41. The number of nitrogens with zero attached hydrogens (tertiary/aromatic N) is 1. The van der Waals surface area contributed by atoms with Crippen molar-refractivity contribution in [1.29, 1.82) is 0 Å². The van der Waals surface area contributed by atoms with Crippen molar-refractivity contribution >= 4 is 55.4 Å². The van der Waals surface area contributed by atoms with E-state index in [9.17, 15) is 4.79 Å². The minimum Gasteiger partial charge on any atom is -0.482 e. The summed E-state index contributed by atoms with van der Waals surface area (Å²) in [7, 11) is 0. The molecule has 3 aromatic carbocycles. The van der Waals surface area contributed by atoms with Gasteiger partial charge in [-0.25, -0.2) is 0 Å². The monoisotopic (exact) mass is 528 g/mol. The number of hydrogen-bond donors (Lipinski definition) is 1. The lowest BCUT2D eigenvalue weighted by Gasteiger charge is -2.12. The lowest BCUT2D eigenvalue weighted by molar-refractivity contribution is -0.118. The van der Waals surface area contributed by atoms with Crippen molar-refractivity contribution in [1.82, 2.24) is 0 Å². The Hall–Kier alpha value is -2.44. The van der Waals surface area contributed by atoms with E-state index < -0.39 is 0 Å². The van der Waals surface area contributed by atoms with Gasteiger partial charge in [0.2, 0.25) is 0 Å². The summed E-state index contributed by atoms with van der Waals surface area (Å²) in [6, 6.07) is 17.5. The maximum atomic E-state index is 12.3. The molecule has 1 N–H and O–H groups in total. The van der Waals surface area contributed by atoms with Crippen molar-refractivity contribution in [2.45, 2.75) is 20.8 Å². The van der Waals surface area contributed by atoms with E-state index in [0.717, 1.165) is 37.0 Å². The lowest BCUT2D eigenvalue weighted by atomic mass is 10.1. The third-order valence-corrected chi connectivity index (χ3v) is 5.43. The number of carbonyl (C=O) groups is 1. The number of anilines is 1. The van der Waals surface area contributed by atoms with E-state index in [0.29, 0.717) is 5.75 Å². The van der Waals surface area contributed by atoms with Crippen LogP contribution in [0.2, 0.25) is 0 Å². The lowest BCUT2D eigenvalue weighted by Crippen LogP contribution is -2.20. The molecule has 0 aliphatic carbocycles. The Morgan fingerprint density at radius 3 is 2.53 bits per heavy atom. The van der Waals surface area contributed by atoms with Crippen LogP contribution in [-0.2, 0) is 4.79 Å². The van der Waals surface area contributed by atoms with Gasteiger partial charge < -0.3 is 10.1 Å². The summed E-state index contributed by atoms with van der Waals surface area (Å²) < 4.78 is 7.47. The summed E-state index contributed by atoms with van der Waals surface area (Å²) in [5, 5.41) is 2.85. The molecule has 3 aromatic rings. The molecule has 3 rings (SSSR count). The topological polar surface area (TPSA) is 50.7 Å². The smallest absolute Gasteiger partial charge is 0.262 e. The molecule has 0 atom stereocenters. The van der Waals surface area contributed by atoms with Gasteiger partial charge in [-0.15, -0.1) is 0 Å². The maximum Gasteiger partial charge on any atom is 0.262 e. The quantitative estimate of drug-likeness (QED) is 0.353. The molecule has 0 aliphatic rings. The van der Waals surface area contributed by atoms with Crippen molar-refractivity contribution in [3.05, 3.63) is 85.8 Å². The summed E-state index contributed by atoms with van der Waals surface area (Å²) in [4.78, 5) is 17.0. The number of halogens is 2. The largest absolute Gasteiger partial charge is 0.482 e. The molecule has 0 bridgehead atoms. The van der Waals surface area contributed by atoms with E-state index in [1.54, 1.807) is 6.21 Å². The van der Waals surface area contributed by atoms with E-state index in [4.69, 9.17) is 4.74 Å². The number of rotatable bonds is 6. The van der Waals surface area contributed by atoms with Crippen LogP contribution in [0.3, 0.4) is 0 Å². The zero-order valence-corrected chi connectivity index (χ0v) is 20.2. The second kappa shape index (κ2) is 10.0. The van der Waals surface area contributed by atoms with Gasteiger partial charge in [-0.3, -0.25) is 9.79 Å². The van der Waals surface area contributed by atoms with Crippen LogP contribution in [0.1, 0.15) is 22.3 Å². The molecule has 0 aromatic heterocycles. The van der Waals surface area contributed by atoms with Crippen molar-refractivity contribution in [3.63, 3.8) is 0 Å². The number of nitrogens with one attached hydrogen (secondary N) is 1. The van der Waals surface area contributed by atoms with Crippen LogP contribution >= 0.6 is 31.9 Å². The van der Waals surface area contributed by atoms with Gasteiger partial charge in [0.15, 0.2) is 6.61 Å². The standard InChI is InChI=1S/C24H22Br2N2O2/c1-15-5-4-6-20(10-15)28-23(29)14-30-24-18(11-19(25)12-21(24)26)13-27-22-8-7-16(2)9-17(22)3/h4-13H,14H2,1-3H3,(H,28,29). The molecule has 6 heteroatoms. The highest BCUT2D eigenvalue weighted by atomic mass is 79.9. The van der Waals surface area contributed by atoms with Crippen LogP contribution in [0.25, 0.3) is 0 Å². The van der Waals surface area contributed by atoms with Crippen molar-refractivity contribution in [2.24, 2.45) is 4.99 Å². The molecule has 0 spiro atoms. The molecular formula is C24H22Br2N2O2. The Morgan fingerprint density at radius 1 is 1.03 bits per heavy atom. The maximum absolute atomic E-state index is 12.3. The van der Waals surface area contributed by atoms with Crippen LogP contribution in [0, 0.1) is 20.8 Å². The minimum atomic E-state index is -0.229. The number of benzene rings is 3. The predicted octanol–water partition coefficient (Wildman–Crippen LogP) is 6.90. The third-order valence-electron chi connectivity index (χ3n) is 4.38. The van der Waals surface area contributed by atoms with E-state index in [1.807, 2.05) is 62.4 Å². The summed E-state index contributed by atoms with van der Waals surface area (Å²) >= 11 is 7.03. The highest BCUT2D eigenvalue weighted by Crippen LogP contribution is 2.32. The fraction of sp³-hybridized carbons (Fsp3) is 0.167. The van der Waals surface area contributed by atoms with Crippen molar-refractivity contribution in [3.8, 4) is 5.75 Å². The molecular weight excluding hydrogens is 508 g/mol. The molecule has 0 saturated heterocycles. The average Bonchev–Trinajstić information content (AvgIpc) is 2.66. The number of carbonyl (C=O) groups excluding carboxylic acids is 1. The number of aliphatic imine (C=N–C) groups is 1. The summed E-state index contributed by atoms with van der Waals surface area (Å²) in [6.07, 6.45) is 1.75. The van der Waals surface area contributed by atoms with Crippen LogP contribution in [0.4, 0.5) is 11.4 Å². The predicted molar refractivity (Wildman–Crippen MR) is 130 cm³/mol. The van der Waals surface area contributed by atoms with Crippen molar-refractivity contribution in [2.75, 3.05) is 11.9 Å². The molecule has 0 fully saturated rings. The van der Waals surface area contributed by atoms with Gasteiger partial charge >= 0.3 is 0 Å². The van der Waals surface area contributed by atoms with Gasteiger partial charge in [0.1, 0.15) is 5.75 Å². The van der Waals surface area contributed by atoms with Gasteiger partial charge in [0.05, 0.1) is 10.2 Å². The number of ether oxygens (including phenoxy) is 1. The first kappa shape index (κ1) is 22.2. The molecule has 1 amide bonds. The first-order valence-corrected chi connectivity index (χ1v) is 11.0. The van der Waals surface area contributed by atoms with Gasteiger partial charge in [-0.1, -0.05) is 45.8 Å². The Kier molecular flexibility index (Phi) is 7.45. The van der Waals surface area contributed by atoms with Crippen LogP contribution in [-0.4, -0.2) is 18.7 Å². The van der Waals surface area contributed by atoms with Crippen molar-refractivity contribution < 1.29 is 9.53 Å². The minimum absolute atomic E-state index is 0.113. The van der Waals surface area contributed by atoms with E-state index in [-0.39, 0.29) is 12.5 Å². The fourth-order valence-electron chi connectivity index (χ4n) is 2.98. The summed E-state index contributed by atoms with van der Waals surface area (Å²) in [5.74, 6) is 0.332. The third kappa shape index (κ3) is 6.03. The highest BCUT2D eigenvalue weighted by Gasteiger charge is 2.12. The van der Waals surface area contributed by atoms with E-state index in [1.165, 1.54) is 5.56 Å². The van der Waals surface area contributed by atoms with E-state index >= 15 is 0 Å². The summed E-state index contributed by atoms with van der Waals surface area (Å²) in [5.41, 5.74) is 5.77. The number of aryl methyl sites for hydroxylation is 3. The summed E-state index contributed by atoms with van der Waals surface area (Å²) in [6.45, 7) is 5.95. The molecule has 154 valence electrons. The molecule has 0 saturated carbocycles.